The molecule has 0 atom stereocenters. The fraction of sp³-hybridized carbons (Fsp3) is 0.250. The van der Waals surface area contributed by atoms with Gasteiger partial charge in [0.25, 0.3) is 5.91 Å². The lowest BCUT2D eigenvalue weighted by atomic mass is 10.4. The van der Waals surface area contributed by atoms with E-state index in [1.807, 2.05) is 0 Å². The van der Waals surface area contributed by atoms with Gasteiger partial charge in [0, 0.05) is 26.5 Å². The summed E-state index contributed by atoms with van der Waals surface area (Å²) in [4.78, 5) is 24.1. The van der Waals surface area contributed by atoms with Gasteiger partial charge in [-0.3, -0.25) is 9.78 Å². The van der Waals surface area contributed by atoms with Gasteiger partial charge in [0.05, 0.1) is 12.5 Å². The predicted octanol–water partition coefficient (Wildman–Crippen LogP) is 0.207. The summed E-state index contributed by atoms with van der Waals surface area (Å²) >= 11 is 0. The number of rotatable bonds is 2. The van der Waals surface area contributed by atoms with E-state index in [9.17, 15) is 4.79 Å². The van der Waals surface area contributed by atoms with Crippen molar-refractivity contribution in [2.24, 2.45) is 4.99 Å². The summed E-state index contributed by atoms with van der Waals surface area (Å²) < 4.78 is 0. The van der Waals surface area contributed by atoms with Gasteiger partial charge in [-0.05, 0) is 0 Å². The first-order valence-electron chi connectivity index (χ1n) is 3.71. The van der Waals surface area contributed by atoms with Gasteiger partial charge >= 0.3 is 0 Å². The van der Waals surface area contributed by atoms with Gasteiger partial charge in [0.2, 0.25) is 0 Å². The Morgan fingerprint density at radius 2 is 2.31 bits per heavy atom. The summed E-state index contributed by atoms with van der Waals surface area (Å²) in [5.41, 5.74) is 0.251. The SMILES string of the molecule is CN(C)C=NC(=O)c1cnccn1. The van der Waals surface area contributed by atoms with Crippen LogP contribution in [0.5, 0.6) is 0 Å². The Hall–Kier alpha value is -1.78. The Morgan fingerprint density at radius 1 is 1.54 bits per heavy atom. The van der Waals surface area contributed by atoms with Crippen molar-refractivity contribution in [3.63, 3.8) is 0 Å². The van der Waals surface area contributed by atoms with Crippen LogP contribution in [0, 0.1) is 0 Å². The molecule has 0 saturated carbocycles. The fourth-order valence-corrected chi connectivity index (χ4v) is 0.644. The lowest BCUT2D eigenvalue weighted by Crippen LogP contribution is -2.10. The molecule has 0 spiro atoms. The molecule has 1 aromatic heterocycles. The van der Waals surface area contributed by atoms with Gasteiger partial charge in [0.1, 0.15) is 5.69 Å². The Morgan fingerprint density at radius 3 is 2.85 bits per heavy atom. The zero-order valence-electron chi connectivity index (χ0n) is 7.51. The number of amides is 1. The molecule has 5 heteroatoms. The molecule has 0 bridgehead atoms. The van der Waals surface area contributed by atoms with Crippen molar-refractivity contribution >= 4 is 12.2 Å². The fourth-order valence-electron chi connectivity index (χ4n) is 0.644. The van der Waals surface area contributed by atoms with Gasteiger partial charge in [-0.25, -0.2) is 4.98 Å². The quantitative estimate of drug-likeness (QED) is 0.479. The van der Waals surface area contributed by atoms with Crippen molar-refractivity contribution < 1.29 is 4.79 Å². The van der Waals surface area contributed by atoms with Crippen LogP contribution >= 0.6 is 0 Å². The van der Waals surface area contributed by atoms with E-state index in [1.165, 1.54) is 24.9 Å². The smallest absolute Gasteiger partial charge is 0.298 e. The van der Waals surface area contributed by atoms with Crippen molar-refractivity contribution in [1.82, 2.24) is 14.9 Å². The molecule has 0 N–H and O–H groups in total. The summed E-state index contributed by atoms with van der Waals surface area (Å²) in [6, 6.07) is 0. The largest absolute Gasteiger partial charge is 0.369 e. The normalized spacial score (nSPS) is 10.3. The second-order valence-electron chi connectivity index (χ2n) is 2.60. The van der Waals surface area contributed by atoms with Crippen LogP contribution in [0.25, 0.3) is 0 Å². The molecule has 0 unspecified atom stereocenters. The molecule has 13 heavy (non-hydrogen) atoms. The zero-order valence-corrected chi connectivity index (χ0v) is 7.51. The van der Waals surface area contributed by atoms with Crippen LogP contribution in [0.3, 0.4) is 0 Å². The molecular formula is C8H10N4O. The molecule has 68 valence electrons. The molecule has 1 amide bonds. The first-order valence-corrected chi connectivity index (χ1v) is 3.71. The molecule has 1 rings (SSSR count). The zero-order chi connectivity index (χ0) is 9.68. The van der Waals surface area contributed by atoms with Crippen LogP contribution in [-0.4, -0.2) is 41.2 Å². The van der Waals surface area contributed by atoms with E-state index < -0.39 is 0 Å². The second kappa shape index (κ2) is 4.30. The van der Waals surface area contributed by atoms with Crippen LogP contribution in [0.15, 0.2) is 23.6 Å². The van der Waals surface area contributed by atoms with E-state index in [0.717, 1.165) is 0 Å². The minimum Gasteiger partial charge on any atom is -0.369 e. The van der Waals surface area contributed by atoms with Gasteiger partial charge in [-0.15, -0.1) is 0 Å². The molecule has 0 aromatic carbocycles. The Bertz CT molecular complexity index is 307. The number of hydrogen-bond donors (Lipinski definition) is 0. The van der Waals surface area contributed by atoms with Crippen molar-refractivity contribution in [3.05, 3.63) is 24.3 Å². The van der Waals surface area contributed by atoms with E-state index >= 15 is 0 Å². The molecule has 5 nitrogen and oxygen atoms in total. The van der Waals surface area contributed by atoms with E-state index in [-0.39, 0.29) is 11.6 Å². The minimum atomic E-state index is -0.387. The second-order valence-corrected chi connectivity index (χ2v) is 2.60. The summed E-state index contributed by atoms with van der Waals surface area (Å²) in [6.07, 6.45) is 5.78. The van der Waals surface area contributed by atoms with Crippen molar-refractivity contribution in [2.75, 3.05) is 14.1 Å². The van der Waals surface area contributed by atoms with Gasteiger partial charge < -0.3 is 4.90 Å². The molecular weight excluding hydrogens is 168 g/mol. The third kappa shape index (κ3) is 2.98. The highest BCUT2D eigenvalue weighted by Crippen LogP contribution is 1.92. The Kier molecular flexibility index (Phi) is 3.08. The lowest BCUT2D eigenvalue weighted by Gasteiger charge is -2.00. The highest BCUT2D eigenvalue weighted by Gasteiger charge is 2.02. The highest BCUT2D eigenvalue weighted by molar-refractivity contribution is 5.96. The maximum absolute atomic E-state index is 11.2. The van der Waals surface area contributed by atoms with E-state index in [1.54, 1.807) is 19.0 Å². The van der Waals surface area contributed by atoms with E-state index in [2.05, 4.69) is 15.0 Å². The number of carbonyl (C=O) groups is 1. The topological polar surface area (TPSA) is 58.5 Å². The molecule has 1 aromatic rings. The van der Waals surface area contributed by atoms with Crippen molar-refractivity contribution in [3.8, 4) is 0 Å². The van der Waals surface area contributed by atoms with Crippen molar-refractivity contribution in [2.45, 2.75) is 0 Å². The number of carbonyl (C=O) groups excluding carboxylic acids is 1. The lowest BCUT2D eigenvalue weighted by molar-refractivity contribution is 0.0997. The van der Waals surface area contributed by atoms with Crippen molar-refractivity contribution in [1.29, 1.82) is 0 Å². The Labute approximate surface area is 76.1 Å². The number of hydrogen-bond acceptors (Lipinski definition) is 3. The minimum absolute atomic E-state index is 0.251. The number of aliphatic imine (C=N–C) groups is 1. The van der Waals surface area contributed by atoms with E-state index in [4.69, 9.17) is 0 Å². The van der Waals surface area contributed by atoms with Gasteiger partial charge in [-0.1, -0.05) is 0 Å². The first kappa shape index (κ1) is 9.31. The third-order valence-corrected chi connectivity index (χ3v) is 1.19. The maximum Gasteiger partial charge on any atom is 0.298 e. The molecule has 0 saturated heterocycles. The maximum atomic E-state index is 11.2. The first-order chi connectivity index (χ1) is 6.20. The molecule has 0 aliphatic carbocycles. The van der Waals surface area contributed by atoms with Crippen LogP contribution in [0.1, 0.15) is 10.5 Å². The molecule has 0 aliphatic rings. The summed E-state index contributed by atoms with van der Waals surface area (Å²) in [5, 5.41) is 0. The standard InChI is InChI=1S/C8H10N4O/c1-12(2)6-11-8(13)7-5-9-3-4-10-7/h3-6H,1-2H3. The third-order valence-electron chi connectivity index (χ3n) is 1.19. The summed E-state index contributed by atoms with van der Waals surface area (Å²) in [7, 11) is 3.57. The molecule has 1 heterocycles. The Balaban J connectivity index is 2.70. The van der Waals surface area contributed by atoms with Gasteiger partial charge in [-0.2, -0.15) is 4.99 Å². The summed E-state index contributed by atoms with van der Waals surface area (Å²) in [6.45, 7) is 0. The predicted molar refractivity (Wildman–Crippen MR) is 48.5 cm³/mol. The van der Waals surface area contributed by atoms with Crippen LogP contribution in [-0.2, 0) is 0 Å². The molecule has 0 aliphatic heterocycles. The van der Waals surface area contributed by atoms with Crippen LogP contribution in [0.2, 0.25) is 0 Å². The summed E-state index contributed by atoms with van der Waals surface area (Å²) in [5.74, 6) is -0.387. The average molecular weight is 178 g/mol. The van der Waals surface area contributed by atoms with Gasteiger partial charge in [0.15, 0.2) is 0 Å². The van der Waals surface area contributed by atoms with E-state index in [0.29, 0.717) is 0 Å². The number of aromatic nitrogens is 2. The number of nitrogens with zero attached hydrogens (tertiary/aromatic N) is 4. The highest BCUT2D eigenvalue weighted by atomic mass is 16.1. The monoisotopic (exact) mass is 178 g/mol. The molecule has 0 fully saturated rings. The average Bonchev–Trinajstić information content (AvgIpc) is 2.15. The van der Waals surface area contributed by atoms with Crippen LogP contribution < -0.4 is 0 Å². The van der Waals surface area contributed by atoms with Crippen LogP contribution in [0.4, 0.5) is 0 Å². The molecule has 0 radical (unpaired) electrons.